The first-order chi connectivity index (χ1) is 12.2. The Labute approximate surface area is 175 Å². The number of likely N-dealkylation sites (N-methyl/N-ethyl adjacent to an activating group) is 1. The third-order valence-corrected chi connectivity index (χ3v) is 5.69. The standard InChI is InChI=1S/C20H33N5.HI/c1-17(24-13-11-23(3)12-14-24)15-22-20(21-2)25-10-9-19(16-25)18-7-5-4-6-8-18;/h4-8,17,19H,9-16H2,1-3H3,(H,21,22);1H. The zero-order valence-corrected chi connectivity index (χ0v) is 18.7. The first-order valence-electron chi connectivity index (χ1n) is 9.60. The van der Waals surface area contributed by atoms with Gasteiger partial charge in [0, 0.05) is 64.8 Å². The van der Waals surface area contributed by atoms with Crippen LogP contribution < -0.4 is 5.32 Å². The van der Waals surface area contributed by atoms with Crippen LogP contribution in [0.25, 0.3) is 0 Å². The van der Waals surface area contributed by atoms with Crippen molar-refractivity contribution >= 4 is 29.9 Å². The van der Waals surface area contributed by atoms with Crippen molar-refractivity contribution in [3.8, 4) is 0 Å². The maximum Gasteiger partial charge on any atom is 0.193 e. The Hall–Kier alpha value is -0.860. The van der Waals surface area contributed by atoms with Crippen molar-refractivity contribution in [2.75, 3.05) is 59.9 Å². The number of halogens is 1. The molecule has 3 rings (SSSR count). The first-order valence-corrected chi connectivity index (χ1v) is 9.60. The predicted octanol–water partition coefficient (Wildman–Crippen LogP) is 2.31. The number of hydrogen-bond donors (Lipinski definition) is 1. The minimum atomic E-state index is 0. The number of piperazine rings is 1. The van der Waals surface area contributed by atoms with E-state index in [4.69, 9.17) is 0 Å². The van der Waals surface area contributed by atoms with Crippen molar-refractivity contribution in [3.05, 3.63) is 35.9 Å². The van der Waals surface area contributed by atoms with E-state index in [1.807, 2.05) is 7.05 Å². The number of benzene rings is 1. The highest BCUT2D eigenvalue weighted by Crippen LogP contribution is 2.26. The molecule has 2 heterocycles. The van der Waals surface area contributed by atoms with Gasteiger partial charge in [0.05, 0.1) is 0 Å². The van der Waals surface area contributed by atoms with Crippen molar-refractivity contribution in [2.24, 2.45) is 4.99 Å². The number of likely N-dealkylation sites (tertiary alicyclic amines) is 1. The second-order valence-corrected chi connectivity index (χ2v) is 7.46. The molecule has 2 aliphatic rings. The molecule has 0 aromatic heterocycles. The summed E-state index contributed by atoms with van der Waals surface area (Å²) in [5.41, 5.74) is 1.45. The molecule has 0 bridgehead atoms. The molecule has 5 nitrogen and oxygen atoms in total. The van der Waals surface area contributed by atoms with Gasteiger partial charge in [-0.2, -0.15) is 0 Å². The lowest BCUT2D eigenvalue weighted by Crippen LogP contribution is -2.52. The third-order valence-electron chi connectivity index (χ3n) is 5.69. The van der Waals surface area contributed by atoms with E-state index in [0.717, 1.165) is 38.7 Å². The summed E-state index contributed by atoms with van der Waals surface area (Å²) in [6.07, 6.45) is 1.21. The van der Waals surface area contributed by atoms with Gasteiger partial charge in [0.25, 0.3) is 0 Å². The van der Waals surface area contributed by atoms with Crippen LogP contribution in [-0.2, 0) is 0 Å². The molecule has 2 aliphatic heterocycles. The molecule has 26 heavy (non-hydrogen) atoms. The van der Waals surface area contributed by atoms with Gasteiger partial charge >= 0.3 is 0 Å². The zero-order valence-electron chi connectivity index (χ0n) is 16.4. The van der Waals surface area contributed by atoms with Gasteiger partial charge in [0.2, 0.25) is 0 Å². The van der Waals surface area contributed by atoms with E-state index in [1.54, 1.807) is 0 Å². The Kier molecular flexibility index (Phi) is 8.63. The molecular formula is C20H34IN5. The monoisotopic (exact) mass is 471 g/mol. The molecule has 0 saturated carbocycles. The van der Waals surface area contributed by atoms with E-state index in [0.29, 0.717) is 12.0 Å². The normalized spacial score (nSPS) is 23.6. The molecule has 6 heteroatoms. The van der Waals surface area contributed by atoms with E-state index in [9.17, 15) is 0 Å². The second-order valence-electron chi connectivity index (χ2n) is 7.46. The van der Waals surface area contributed by atoms with E-state index in [1.165, 1.54) is 25.1 Å². The molecule has 0 radical (unpaired) electrons. The fourth-order valence-electron chi connectivity index (χ4n) is 3.91. The van der Waals surface area contributed by atoms with Gasteiger partial charge in [-0.3, -0.25) is 9.89 Å². The Bertz CT molecular complexity index is 557. The molecule has 2 fully saturated rings. The zero-order chi connectivity index (χ0) is 17.6. The largest absolute Gasteiger partial charge is 0.355 e. The van der Waals surface area contributed by atoms with Crippen LogP contribution in [0.5, 0.6) is 0 Å². The molecule has 1 aromatic rings. The van der Waals surface area contributed by atoms with Crippen LogP contribution in [0.15, 0.2) is 35.3 Å². The lowest BCUT2D eigenvalue weighted by atomic mass is 9.99. The average molecular weight is 471 g/mol. The van der Waals surface area contributed by atoms with Gasteiger partial charge in [-0.25, -0.2) is 0 Å². The molecule has 0 spiro atoms. The number of nitrogens with zero attached hydrogens (tertiary/aromatic N) is 4. The summed E-state index contributed by atoms with van der Waals surface area (Å²) in [5, 5.41) is 3.61. The minimum absolute atomic E-state index is 0. The fraction of sp³-hybridized carbons (Fsp3) is 0.650. The number of hydrogen-bond acceptors (Lipinski definition) is 3. The van der Waals surface area contributed by atoms with Crippen molar-refractivity contribution in [3.63, 3.8) is 0 Å². The lowest BCUT2D eigenvalue weighted by molar-refractivity contribution is 0.119. The number of guanidine groups is 1. The SMILES string of the molecule is CN=C(NCC(C)N1CCN(C)CC1)N1CCC(c2ccccc2)C1.I. The van der Waals surface area contributed by atoms with Crippen LogP contribution in [0.2, 0.25) is 0 Å². The van der Waals surface area contributed by atoms with Crippen molar-refractivity contribution in [1.29, 1.82) is 0 Å². The molecule has 1 aromatic carbocycles. The fourth-order valence-corrected chi connectivity index (χ4v) is 3.91. The molecule has 2 saturated heterocycles. The summed E-state index contributed by atoms with van der Waals surface area (Å²) in [4.78, 5) is 11.9. The van der Waals surface area contributed by atoms with Gasteiger partial charge in [-0.15, -0.1) is 24.0 Å². The topological polar surface area (TPSA) is 34.1 Å². The molecule has 0 aliphatic carbocycles. The molecule has 0 amide bonds. The van der Waals surface area contributed by atoms with E-state index >= 15 is 0 Å². The van der Waals surface area contributed by atoms with Crippen LogP contribution in [0.1, 0.15) is 24.8 Å². The summed E-state index contributed by atoms with van der Waals surface area (Å²) in [7, 11) is 4.11. The number of rotatable bonds is 4. The number of aliphatic imine (C=N–C) groups is 1. The quantitative estimate of drug-likeness (QED) is 0.415. The number of nitrogens with one attached hydrogen (secondary N) is 1. The van der Waals surface area contributed by atoms with E-state index in [-0.39, 0.29) is 24.0 Å². The molecule has 146 valence electrons. The predicted molar refractivity (Wildman–Crippen MR) is 121 cm³/mol. The van der Waals surface area contributed by atoms with Crippen molar-refractivity contribution in [1.82, 2.24) is 20.0 Å². The summed E-state index contributed by atoms with van der Waals surface area (Å²) >= 11 is 0. The van der Waals surface area contributed by atoms with Crippen molar-refractivity contribution in [2.45, 2.75) is 25.3 Å². The molecular weight excluding hydrogens is 437 g/mol. The summed E-state index contributed by atoms with van der Waals surface area (Å²) < 4.78 is 0. The highest BCUT2D eigenvalue weighted by atomic mass is 127. The van der Waals surface area contributed by atoms with Gasteiger partial charge < -0.3 is 15.1 Å². The Morgan fingerprint density at radius 1 is 1.15 bits per heavy atom. The van der Waals surface area contributed by atoms with Crippen LogP contribution in [0, 0.1) is 0 Å². The average Bonchev–Trinajstić information content (AvgIpc) is 3.13. The first kappa shape index (κ1) is 21.4. The Balaban J connectivity index is 0.00000243. The smallest absolute Gasteiger partial charge is 0.193 e. The Morgan fingerprint density at radius 2 is 1.85 bits per heavy atom. The van der Waals surface area contributed by atoms with Gasteiger partial charge in [0.1, 0.15) is 0 Å². The molecule has 1 N–H and O–H groups in total. The van der Waals surface area contributed by atoms with Crippen LogP contribution in [0.4, 0.5) is 0 Å². The molecule has 2 atom stereocenters. The van der Waals surface area contributed by atoms with E-state index in [2.05, 4.69) is 69.3 Å². The van der Waals surface area contributed by atoms with Gasteiger partial charge in [-0.05, 0) is 26.0 Å². The van der Waals surface area contributed by atoms with Crippen LogP contribution >= 0.6 is 24.0 Å². The second kappa shape index (κ2) is 10.5. The highest BCUT2D eigenvalue weighted by Gasteiger charge is 2.26. The molecule has 2 unspecified atom stereocenters. The summed E-state index contributed by atoms with van der Waals surface area (Å²) in [5.74, 6) is 1.68. The third kappa shape index (κ3) is 5.57. The van der Waals surface area contributed by atoms with Crippen LogP contribution in [-0.4, -0.2) is 86.6 Å². The Morgan fingerprint density at radius 3 is 2.50 bits per heavy atom. The summed E-state index contributed by atoms with van der Waals surface area (Å²) in [6.45, 7) is 10.1. The maximum absolute atomic E-state index is 4.53. The van der Waals surface area contributed by atoms with Gasteiger partial charge in [-0.1, -0.05) is 30.3 Å². The maximum atomic E-state index is 4.53. The highest BCUT2D eigenvalue weighted by molar-refractivity contribution is 14.0. The van der Waals surface area contributed by atoms with Gasteiger partial charge in [0.15, 0.2) is 5.96 Å². The minimum Gasteiger partial charge on any atom is -0.355 e. The summed E-state index contributed by atoms with van der Waals surface area (Å²) in [6, 6.07) is 11.4. The van der Waals surface area contributed by atoms with Crippen LogP contribution in [0.3, 0.4) is 0 Å². The van der Waals surface area contributed by atoms with Crippen molar-refractivity contribution < 1.29 is 0 Å². The lowest BCUT2D eigenvalue weighted by Gasteiger charge is -2.37. The van der Waals surface area contributed by atoms with E-state index < -0.39 is 0 Å².